The Balaban J connectivity index is 1.86. The maximum absolute atomic E-state index is 12.2. The Morgan fingerprint density at radius 1 is 1.10 bits per heavy atom. The van der Waals surface area contributed by atoms with Crippen LogP contribution in [-0.4, -0.2) is 20.8 Å². The molecule has 1 amide bonds. The molecule has 0 atom stereocenters. The minimum atomic E-state index is -0.657. The number of amides is 1. The Morgan fingerprint density at radius 2 is 1.83 bits per heavy atom. The highest BCUT2D eigenvalue weighted by Crippen LogP contribution is 2.33. The SMILES string of the molecule is Cc1c(Cl)cccc1Nc1ncnc(NNC(=O)c2cccc(Cl)c2)c1[N+](=O)[O-]. The third-order valence-electron chi connectivity index (χ3n) is 3.91. The van der Waals surface area contributed by atoms with Crippen LogP contribution in [0.2, 0.25) is 10.0 Å². The molecule has 3 aromatic rings. The lowest BCUT2D eigenvalue weighted by atomic mass is 10.2. The van der Waals surface area contributed by atoms with Crippen molar-refractivity contribution in [2.75, 3.05) is 10.7 Å². The van der Waals surface area contributed by atoms with E-state index in [4.69, 9.17) is 23.2 Å². The number of nitrogens with zero attached hydrogens (tertiary/aromatic N) is 3. The van der Waals surface area contributed by atoms with Crippen LogP contribution in [0.15, 0.2) is 48.8 Å². The van der Waals surface area contributed by atoms with Crippen molar-refractivity contribution >= 4 is 52.1 Å². The molecule has 0 aliphatic heterocycles. The predicted molar refractivity (Wildman–Crippen MR) is 111 cm³/mol. The third-order valence-corrected chi connectivity index (χ3v) is 4.55. The van der Waals surface area contributed by atoms with E-state index in [9.17, 15) is 14.9 Å². The van der Waals surface area contributed by atoms with Gasteiger partial charge in [-0.15, -0.1) is 0 Å². The summed E-state index contributed by atoms with van der Waals surface area (Å²) < 4.78 is 0. The Kier molecular flexibility index (Phi) is 6.10. The number of benzene rings is 2. The molecule has 0 saturated heterocycles. The molecule has 148 valence electrons. The van der Waals surface area contributed by atoms with Crippen LogP contribution in [0.1, 0.15) is 15.9 Å². The van der Waals surface area contributed by atoms with Crippen LogP contribution in [0.5, 0.6) is 0 Å². The summed E-state index contributed by atoms with van der Waals surface area (Å²) in [4.78, 5) is 31.0. The molecule has 0 unspecified atom stereocenters. The van der Waals surface area contributed by atoms with Crippen molar-refractivity contribution in [2.45, 2.75) is 6.92 Å². The van der Waals surface area contributed by atoms with Crippen LogP contribution in [0, 0.1) is 17.0 Å². The molecule has 1 heterocycles. The summed E-state index contributed by atoms with van der Waals surface area (Å²) >= 11 is 12.0. The van der Waals surface area contributed by atoms with Gasteiger partial charge >= 0.3 is 5.69 Å². The second-order valence-corrected chi connectivity index (χ2v) is 6.65. The first-order valence-electron chi connectivity index (χ1n) is 8.20. The fourth-order valence-electron chi connectivity index (χ4n) is 2.42. The number of hydrazine groups is 1. The molecule has 29 heavy (non-hydrogen) atoms. The molecular formula is C18H14Cl2N6O3. The maximum atomic E-state index is 12.2. The van der Waals surface area contributed by atoms with Gasteiger partial charge in [-0.3, -0.25) is 25.8 Å². The lowest BCUT2D eigenvalue weighted by Crippen LogP contribution is -2.30. The standard InChI is InChI=1S/C18H14Cl2N6O3/c1-10-13(20)6-3-7-14(10)23-16-15(26(28)29)17(22-9-21-16)24-25-18(27)11-4-2-5-12(19)8-11/h2-9H,1H3,(H,25,27)(H2,21,22,23,24). The molecule has 3 N–H and O–H groups in total. The van der Waals surface area contributed by atoms with Crippen molar-refractivity contribution < 1.29 is 9.72 Å². The van der Waals surface area contributed by atoms with E-state index in [0.29, 0.717) is 21.3 Å². The number of carbonyl (C=O) groups is 1. The van der Waals surface area contributed by atoms with Crippen molar-refractivity contribution in [3.8, 4) is 0 Å². The molecule has 2 aromatic carbocycles. The molecule has 11 heteroatoms. The first-order valence-corrected chi connectivity index (χ1v) is 8.96. The van der Waals surface area contributed by atoms with Crippen LogP contribution in [0.3, 0.4) is 0 Å². The lowest BCUT2D eigenvalue weighted by Gasteiger charge is -2.12. The van der Waals surface area contributed by atoms with Crippen LogP contribution < -0.4 is 16.2 Å². The van der Waals surface area contributed by atoms with Crippen molar-refractivity contribution in [1.29, 1.82) is 0 Å². The van der Waals surface area contributed by atoms with E-state index in [1.165, 1.54) is 6.07 Å². The summed E-state index contributed by atoms with van der Waals surface area (Å²) in [5.74, 6) is -0.793. The molecule has 0 spiro atoms. The highest BCUT2D eigenvalue weighted by atomic mass is 35.5. The van der Waals surface area contributed by atoms with Gasteiger partial charge in [-0.25, -0.2) is 9.97 Å². The molecular weight excluding hydrogens is 419 g/mol. The number of nitrogens with one attached hydrogen (secondary N) is 3. The van der Waals surface area contributed by atoms with E-state index in [2.05, 4.69) is 26.1 Å². The molecule has 1 aromatic heterocycles. The average molecular weight is 433 g/mol. The summed E-state index contributed by atoms with van der Waals surface area (Å²) in [7, 11) is 0. The topological polar surface area (TPSA) is 122 Å². The lowest BCUT2D eigenvalue weighted by molar-refractivity contribution is -0.383. The number of rotatable bonds is 6. The first-order chi connectivity index (χ1) is 13.9. The van der Waals surface area contributed by atoms with Crippen LogP contribution in [-0.2, 0) is 0 Å². The summed E-state index contributed by atoms with van der Waals surface area (Å²) in [5, 5.41) is 15.4. The van der Waals surface area contributed by atoms with Crippen LogP contribution in [0.25, 0.3) is 0 Å². The average Bonchev–Trinajstić information content (AvgIpc) is 2.69. The van der Waals surface area contributed by atoms with Gasteiger partial charge in [-0.05, 0) is 42.8 Å². The minimum absolute atomic E-state index is 0.0603. The first kappa shape index (κ1) is 20.3. The van der Waals surface area contributed by atoms with Gasteiger partial charge in [0.25, 0.3) is 5.91 Å². The Bertz CT molecular complexity index is 1090. The van der Waals surface area contributed by atoms with Gasteiger partial charge in [0.1, 0.15) is 6.33 Å². The van der Waals surface area contributed by atoms with Gasteiger partial charge < -0.3 is 5.32 Å². The summed E-state index contributed by atoms with van der Waals surface area (Å²) in [6, 6.07) is 11.4. The van der Waals surface area contributed by atoms with Crippen molar-refractivity contribution in [1.82, 2.24) is 15.4 Å². The van der Waals surface area contributed by atoms with E-state index in [1.54, 1.807) is 43.3 Å². The Hall–Kier alpha value is -3.43. The molecule has 0 bridgehead atoms. The largest absolute Gasteiger partial charge is 0.355 e. The highest BCUT2D eigenvalue weighted by molar-refractivity contribution is 6.31. The zero-order valence-electron chi connectivity index (χ0n) is 14.9. The molecule has 0 aliphatic carbocycles. The smallest absolute Gasteiger partial charge is 0.334 e. The Morgan fingerprint density at radius 3 is 2.55 bits per heavy atom. The number of aromatic nitrogens is 2. The monoisotopic (exact) mass is 432 g/mol. The van der Waals surface area contributed by atoms with Gasteiger partial charge in [-0.1, -0.05) is 35.3 Å². The second kappa shape index (κ2) is 8.72. The molecule has 0 aliphatic rings. The third kappa shape index (κ3) is 4.71. The molecule has 3 rings (SSSR count). The second-order valence-electron chi connectivity index (χ2n) is 5.80. The highest BCUT2D eigenvalue weighted by Gasteiger charge is 2.24. The zero-order valence-corrected chi connectivity index (χ0v) is 16.5. The molecule has 9 nitrogen and oxygen atoms in total. The van der Waals surface area contributed by atoms with E-state index in [1.807, 2.05) is 0 Å². The minimum Gasteiger partial charge on any atom is -0.334 e. The zero-order chi connectivity index (χ0) is 21.0. The predicted octanol–water partition coefficient (Wildman–Crippen LogP) is 4.50. The van der Waals surface area contributed by atoms with Crippen molar-refractivity contribution in [2.24, 2.45) is 0 Å². The maximum Gasteiger partial charge on any atom is 0.355 e. The van der Waals surface area contributed by atoms with Crippen LogP contribution >= 0.6 is 23.2 Å². The number of hydrogen-bond acceptors (Lipinski definition) is 7. The molecule has 0 fully saturated rings. The number of nitro groups is 1. The van der Waals surface area contributed by atoms with Gasteiger partial charge in [-0.2, -0.15) is 0 Å². The fourth-order valence-corrected chi connectivity index (χ4v) is 2.79. The van der Waals surface area contributed by atoms with Gasteiger partial charge in [0.15, 0.2) is 0 Å². The summed E-state index contributed by atoms with van der Waals surface area (Å²) in [6.07, 6.45) is 1.13. The number of carbonyl (C=O) groups excluding carboxylic acids is 1. The summed E-state index contributed by atoms with van der Waals surface area (Å²) in [5.41, 5.74) is 5.90. The van der Waals surface area contributed by atoms with Gasteiger partial charge in [0, 0.05) is 21.3 Å². The molecule has 0 saturated carbocycles. The van der Waals surface area contributed by atoms with E-state index in [0.717, 1.165) is 6.33 Å². The number of hydrogen-bond donors (Lipinski definition) is 3. The van der Waals surface area contributed by atoms with E-state index < -0.39 is 16.5 Å². The van der Waals surface area contributed by atoms with Crippen molar-refractivity contribution in [3.63, 3.8) is 0 Å². The summed E-state index contributed by atoms with van der Waals surface area (Å²) in [6.45, 7) is 1.77. The van der Waals surface area contributed by atoms with E-state index >= 15 is 0 Å². The fraction of sp³-hybridized carbons (Fsp3) is 0.0556. The van der Waals surface area contributed by atoms with Crippen molar-refractivity contribution in [3.05, 3.63) is 80.1 Å². The Labute approximate surface area is 175 Å². The number of halogens is 2. The quantitative estimate of drug-likeness (QED) is 0.386. The van der Waals surface area contributed by atoms with Gasteiger partial charge in [0.2, 0.25) is 11.6 Å². The number of anilines is 3. The van der Waals surface area contributed by atoms with E-state index in [-0.39, 0.29) is 17.2 Å². The van der Waals surface area contributed by atoms with Gasteiger partial charge in [0.05, 0.1) is 4.92 Å². The molecule has 0 radical (unpaired) electrons. The normalized spacial score (nSPS) is 10.3. The van der Waals surface area contributed by atoms with Crippen LogP contribution in [0.4, 0.5) is 23.0 Å².